The smallest absolute Gasteiger partial charge is 0.169 e. The first-order valence-electron chi connectivity index (χ1n) is 9.19. The number of hydrogen-bond acceptors (Lipinski definition) is 3. The van der Waals surface area contributed by atoms with Gasteiger partial charge in [0.2, 0.25) is 0 Å². The predicted octanol–water partition coefficient (Wildman–Crippen LogP) is 5.22. The average Bonchev–Trinajstić information content (AvgIpc) is 2.89. The molecule has 0 atom stereocenters. The quantitative estimate of drug-likeness (QED) is 0.796. The molecule has 140 valence electrons. The van der Waals surface area contributed by atoms with Crippen LogP contribution < -0.4 is 9.47 Å². The molecular formula is C22H27FO3. The highest BCUT2D eigenvalue weighted by atomic mass is 19.1. The molecule has 0 amide bonds. The molecule has 3 nitrogen and oxygen atoms in total. The zero-order valence-corrected chi connectivity index (χ0v) is 16.1. The molecule has 3 rings (SSSR count). The van der Waals surface area contributed by atoms with Gasteiger partial charge in [-0.05, 0) is 55.5 Å². The average molecular weight is 358 g/mol. The van der Waals surface area contributed by atoms with Gasteiger partial charge in [-0.25, -0.2) is 4.39 Å². The van der Waals surface area contributed by atoms with Gasteiger partial charge in [-0.2, -0.15) is 0 Å². The summed E-state index contributed by atoms with van der Waals surface area (Å²) < 4.78 is 25.7. The second-order valence-corrected chi connectivity index (χ2v) is 7.70. The van der Waals surface area contributed by atoms with Crippen molar-refractivity contribution >= 4 is 0 Å². The Balaban J connectivity index is 2.38. The lowest BCUT2D eigenvalue weighted by molar-refractivity contribution is 0.132. The van der Waals surface area contributed by atoms with Gasteiger partial charge in [-0.15, -0.1) is 0 Å². The van der Waals surface area contributed by atoms with Crippen molar-refractivity contribution in [2.24, 2.45) is 0 Å². The number of halogens is 1. The third-order valence-electron chi connectivity index (χ3n) is 4.80. The molecule has 2 aromatic carbocycles. The molecule has 1 aliphatic heterocycles. The summed E-state index contributed by atoms with van der Waals surface area (Å²) in [4.78, 5) is 0. The van der Waals surface area contributed by atoms with Crippen LogP contribution in [0.3, 0.4) is 0 Å². The molecule has 1 N–H and O–H groups in total. The lowest BCUT2D eigenvalue weighted by Gasteiger charge is -2.24. The SMILES string of the molecule is CCOc1c2c(c(C(C)C)c(CO)c1-c1ccc(F)cc1)CC(C)(C)O2. The van der Waals surface area contributed by atoms with Crippen LogP contribution in [-0.4, -0.2) is 17.3 Å². The lowest BCUT2D eigenvalue weighted by Crippen LogP contribution is -2.25. The van der Waals surface area contributed by atoms with Gasteiger partial charge in [0.1, 0.15) is 11.4 Å². The number of rotatable bonds is 5. The molecule has 0 radical (unpaired) electrons. The van der Waals surface area contributed by atoms with E-state index in [1.54, 1.807) is 12.1 Å². The maximum Gasteiger partial charge on any atom is 0.169 e. The third-order valence-corrected chi connectivity index (χ3v) is 4.80. The van der Waals surface area contributed by atoms with Gasteiger partial charge >= 0.3 is 0 Å². The number of aliphatic hydroxyl groups is 1. The van der Waals surface area contributed by atoms with Crippen molar-refractivity contribution in [3.63, 3.8) is 0 Å². The van der Waals surface area contributed by atoms with E-state index in [-0.39, 0.29) is 23.9 Å². The largest absolute Gasteiger partial charge is 0.489 e. The van der Waals surface area contributed by atoms with Gasteiger partial charge in [0.05, 0.1) is 13.2 Å². The fourth-order valence-corrected chi connectivity index (χ4v) is 3.91. The summed E-state index contributed by atoms with van der Waals surface area (Å²) in [5, 5.41) is 10.2. The number of ether oxygens (including phenoxy) is 2. The topological polar surface area (TPSA) is 38.7 Å². The second kappa shape index (κ2) is 6.92. The van der Waals surface area contributed by atoms with Crippen LogP contribution in [0.5, 0.6) is 11.5 Å². The molecule has 0 spiro atoms. The Kier molecular flexibility index (Phi) is 4.98. The number of aliphatic hydroxyl groups excluding tert-OH is 1. The van der Waals surface area contributed by atoms with E-state index in [9.17, 15) is 9.50 Å². The Hall–Kier alpha value is -2.07. The third kappa shape index (κ3) is 3.18. The number of fused-ring (bicyclic) bond motifs is 1. The molecule has 4 heteroatoms. The fourth-order valence-electron chi connectivity index (χ4n) is 3.91. The van der Waals surface area contributed by atoms with Crippen molar-refractivity contribution in [1.29, 1.82) is 0 Å². The molecular weight excluding hydrogens is 331 g/mol. The summed E-state index contributed by atoms with van der Waals surface area (Å²) in [6.45, 7) is 10.7. The second-order valence-electron chi connectivity index (χ2n) is 7.70. The highest BCUT2D eigenvalue weighted by Gasteiger charge is 2.38. The number of benzene rings is 2. The van der Waals surface area contributed by atoms with Gasteiger partial charge in [-0.1, -0.05) is 26.0 Å². The van der Waals surface area contributed by atoms with E-state index in [4.69, 9.17) is 9.47 Å². The molecule has 1 heterocycles. The van der Waals surface area contributed by atoms with Crippen LogP contribution in [-0.2, 0) is 13.0 Å². The van der Waals surface area contributed by atoms with Crippen molar-refractivity contribution in [3.8, 4) is 22.6 Å². The predicted molar refractivity (Wildman–Crippen MR) is 101 cm³/mol. The Morgan fingerprint density at radius 3 is 2.42 bits per heavy atom. The minimum absolute atomic E-state index is 0.103. The first-order chi connectivity index (χ1) is 12.3. The molecule has 1 aliphatic rings. The minimum atomic E-state index is -0.327. The molecule has 0 aromatic heterocycles. The fraction of sp³-hybridized carbons (Fsp3) is 0.455. The van der Waals surface area contributed by atoms with Crippen LogP contribution >= 0.6 is 0 Å². The molecule has 0 saturated carbocycles. The first kappa shape index (κ1) is 18.7. The van der Waals surface area contributed by atoms with Crippen molar-refractivity contribution in [2.45, 2.75) is 59.2 Å². The van der Waals surface area contributed by atoms with E-state index in [1.807, 2.05) is 6.92 Å². The minimum Gasteiger partial charge on any atom is -0.489 e. The molecule has 0 bridgehead atoms. The van der Waals surface area contributed by atoms with Crippen LogP contribution in [0.25, 0.3) is 11.1 Å². The van der Waals surface area contributed by atoms with Crippen LogP contribution in [0, 0.1) is 5.82 Å². The Morgan fingerprint density at radius 1 is 1.23 bits per heavy atom. The Bertz CT molecular complexity index is 807. The standard InChI is InChI=1S/C22H27FO3/c1-6-25-21-19(14-7-9-15(23)10-8-14)17(12-24)18(13(2)3)16-11-22(4,5)26-20(16)21/h7-10,13,24H,6,11-12H2,1-5H3. The van der Waals surface area contributed by atoms with E-state index in [2.05, 4.69) is 27.7 Å². The van der Waals surface area contributed by atoms with Gasteiger partial charge in [0, 0.05) is 17.5 Å². The van der Waals surface area contributed by atoms with Crippen molar-refractivity contribution in [3.05, 3.63) is 46.8 Å². The molecule has 0 unspecified atom stereocenters. The van der Waals surface area contributed by atoms with E-state index >= 15 is 0 Å². The molecule has 0 fully saturated rings. The molecule has 0 aliphatic carbocycles. The van der Waals surface area contributed by atoms with Crippen LogP contribution in [0.1, 0.15) is 57.2 Å². The summed E-state index contributed by atoms with van der Waals surface area (Å²) in [5.74, 6) is 1.34. The van der Waals surface area contributed by atoms with Gasteiger partial charge in [0.15, 0.2) is 11.5 Å². The van der Waals surface area contributed by atoms with E-state index in [0.29, 0.717) is 12.4 Å². The van der Waals surface area contributed by atoms with E-state index in [1.165, 1.54) is 12.1 Å². The lowest BCUT2D eigenvalue weighted by atomic mass is 9.83. The van der Waals surface area contributed by atoms with Crippen LogP contribution in [0.15, 0.2) is 24.3 Å². The Morgan fingerprint density at radius 2 is 1.88 bits per heavy atom. The van der Waals surface area contributed by atoms with Gasteiger partial charge in [-0.3, -0.25) is 0 Å². The van der Waals surface area contributed by atoms with Crippen molar-refractivity contribution in [1.82, 2.24) is 0 Å². The van der Waals surface area contributed by atoms with Crippen molar-refractivity contribution in [2.75, 3.05) is 6.61 Å². The summed E-state index contributed by atoms with van der Waals surface area (Å²) in [6.07, 6.45) is 0.770. The van der Waals surface area contributed by atoms with Gasteiger partial charge in [0.25, 0.3) is 0 Å². The van der Waals surface area contributed by atoms with Crippen LogP contribution in [0.4, 0.5) is 4.39 Å². The first-order valence-corrected chi connectivity index (χ1v) is 9.19. The zero-order chi connectivity index (χ0) is 19.1. The van der Waals surface area contributed by atoms with Gasteiger partial charge < -0.3 is 14.6 Å². The van der Waals surface area contributed by atoms with Crippen molar-refractivity contribution < 1.29 is 19.0 Å². The van der Waals surface area contributed by atoms with Crippen LogP contribution in [0.2, 0.25) is 0 Å². The monoisotopic (exact) mass is 358 g/mol. The normalized spacial score (nSPS) is 15.1. The van der Waals surface area contributed by atoms with E-state index < -0.39 is 0 Å². The highest BCUT2D eigenvalue weighted by molar-refractivity contribution is 5.81. The summed E-state index contributed by atoms with van der Waals surface area (Å²) in [7, 11) is 0. The zero-order valence-electron chi connectivity index (χ0n) is 16.1. The summed E-state index contributed by atoms with van der Waals surface area (Å²) >= 11 is 0. The highest BCUT2D eigenvalue weighted by Crippen LogP contribution is 2.52. The van der Waals surface area contributed by atoms with E-state index in [0.717, 1.165) is 40.0 Å². The summed E-state index contributed by atoms with van der Waals surface area (Å²) in [6, 6.07) is 6.31. The number of hydrogen-bond donors (Lipinski definition) is 1. The maximum atomic E-state index is 13.5. The molecule has 26 heavy (non-hydrogen) atoms. The summed E-state index contributed by atoms with van der Waals surface area (Å²) in [5.41, 5.74) is 4.35. The maximum absolute atomic E-state index is 13.5. The Labute approximate surface area is 154 Å². The molecule has 0 saturated heterocycles. The molecule has 2 aromatic rings.